The van der Waals surface area contributed by atoms with Crippen LogP contribution >= 0.6 is 0 Å². The Kier molecular flexibility index (Phi) is 4.81. The number of aromatic nitrogens is 1. The molecule has 1 aromatic heterocycles. The second kappa shape index (κ2) is 6.77. The third-order valence-corrected chi connectivity index (χ3v) is 5.13. The second-order valence-electron chi connectivity index (χ2n) is 8.41. The summed E-state index contributed by atoms with van der Waals surface area (Å²) < 4.78 is 7.17. The van der Waals surface area contributed by atoms with Gasteiger partial charge in [-0.15, -0.1) is 0 Å². The molecule has 0 bridgehead atoms. The summed E-state index contributed by atoms with van der Waals surface area (Å²) in [5.41, 5.74) is 2.01. The first kappa shape index (κ1) is 18.5. The maximum Gasteiger partial charge on any atom is 0.419 e. The molecule has 1 heterocycles. The Hall–Kier alpha value is -2.32. The maximum absolute atomic E-state index is 12.7. The van der Waals surface area contributed by atoms with Gasteiger partial charge in [-0.05, 0) is 83.8 Å². The fourth-order valence-corrected chi connectivity index (χ4v) is 3.82. The molecule has 2 aromatic rings. The van der Waals surface area contributed by atoms with Crippen LogP contribution in [0.1, 0.15) is 57.1 Å². The maximum atomic E-state index is 12.7. The highest BCUT2D eigenvalue weighted by Gasteiger charge is 2.30. The van der Waals surface area contributed by atoms with Crippen LogP contribution < -0.4 is 0 Å². The number of nitriles is 1. The molecule has 1 saturated carbocycles. The summed E-state index contributed by atoms with van der Waals surface area (Å²) >= 11 is 0. The van der Waals surface area contributed by atoms with Crippen LogP contribution in [0.2, 0.25) is 0 Å². The van der Waals surface area contributed by atoms with Crippen molar-refractivity contribution in [1.82, 2.24) is 9.47 Å². The highest BCUT2D eigenvalue weighted by molar-refractivity contribution is 5.93. The Balaban J connectivity index is 2.05. The number of rotatable bonds is 2. The molecule has 1 aliphatic rings. The number of fused-ring (bicyclic) bond motifs is 1. The quantitative estimate of drug-likeness (QED) is 0.798. The number of nitrogens with zero attached hydrogens (tertiary/aromatic N) is 3. The van der Waals surface area contributed by atoms with E-state index in [9.17, 15) is 10.1 Å². The van der Waals surface area contributed by atoms with E-state index in [1.165, 1.54) is 0 Å². The lowest BCUT2D eigenvalue weighted by molar-refractivity contribution is 0.0544. The summed E-state index contributed by atoms with van der Waals surface area (Å²) in [7, 11) is 4.23. The van der Waals surface area contributed by atoms with Crippen LogP contribution in [0.4, 0.5) is 4.79 Å². The van der Waals surface area contributed by atoms with E-state index >= 15 is 0 Å². The highest BCUT2D eigenvalue weighted by atomic mass is 16.6. The number of ether oxygens (including phenoxy) is 1. The van der Waals surface area contributed by atoms with E-state index in [1.807, 2.05) is 39.1 Å². The Morgan fingerprint density at radius 2 is 2.04 bits per heavy atom. The van der Waals surface area contributed by atoms with Crippen LogP contribution in [0.25, 0.3) is 10.9 Å². The van der Waals surface area contributed by atoms with Crippen molar-refractivity contribution in [3.05, 3.63) is 35.5 Å². The van der Waals surface area contributed by atoms with Gasteiger partial charge >= 0.3 is 6.09 Å². The van der Waals surface area contributed by atoms with Crippen molar-refractivity contribution in [2.45, 2.75) is 57.6 Å². The Morgan fingerprint density at radius 3 is 2.62 bits per heavy atom. The standard InChI is InChI=1S/C21H27N3O2/c1-21(2,3)26-20(25)24-13-18(15-7-8-16(11-15)23(4)5)17-10-14(12-22)6-9-19(17)24/h6,9-10,13,15-16H,7-8,11H2,1-5H3/t15-,16+/m0/s1. The van der Waals surface area contributed by atoms with E-state index in [1.54, 1.807) is 10.6 Å². The van der Waals surface area contributed by atoms with Crippen LogP contribution in [0.5, 0.6) is 0 Å². The van der Waals surface area contributed by atoms with Crippen LogP contribution in [0, 0.1) is 11.3 Å². The topological polar surface area (TPSA) is 58.3 Å². The molecule has 0 aliphatic heterocycles. The first-order valence-corrected chi connectivity index (χ1v) is 9.14. The van der Waals surface area contributed by atoms with Crippen molar-refractivity contribution in [3.8, 4) is 6.07 Å². The smallest absolute Gasteiger partial charge is 0.419 e. The van der Waals surface area contributed by atoms with Crippen LogP contribution in [-0.4, -0.2) is 41.3 Å². The minimum atomic E-state index is -0.552. The van der Waals surface area contributed by atoms with E-state index in [0.29, 0.717) is 17.5 Å². The molecule has 1 aromatic carbocycles. The zero-order chi connectivity index (χ0) is 19.1. The van der Waals surface area contributed by atoms with Crippen molar-refractivity contribution >= 4 is 17.0 Å². The summed E-state index contributed by atoms with van der Waals surface area (Å²) in [6.45, 7) is 5.60. The summed E-state index contributed by atoms with van der Waals surface area (Å²) in [5.74, 6) is 0.391. The Bertz CT molecular complexity index is 868. The van der Waals surface area contributed by atoms with Gasteiger partial charge in [-0.1, -0.05) is 0 Å². The summed E-state index contributed by atoms with van der Waals surface area (Å²) in [5, 5.41) is 10.3. The predicted molar refractivity (Wildman–Crippen MR) is 102 cm³/mol. The second-order valence-corrected chi connectivity index (χ2v) is 8.41. The van der Waals surface area contributed by atoms with E-state index in [4.69, 9.17) is 4.74 Å². The molecule has 5 heteroatoms. The van der Waals surface area contributed by atoms with Gasteiger partial charge in [0.1, 0.15) is 5.60 Å². The van der Waals surface area contributed by atoms with Gasteiger partial charge in [0, 0.05) is 17.6 Å². The van der Waals surface area contributed by atoms with Gasteiger partial charge in [0.2, 0.25) is 0 Å². The fraction of sp³-hybridized carbons (Fsp3) is 0.524. The molecule has 138 valence electrons. The first-order chi connectivity index (χ1) is 12.2. The van der Waals surface area contributed by atoms with Crippen LogP contribution in [0.3, 0.4) is 0 Å². The zero-order valence-corrected chi connectivity index (χ0v) is 16.2. The molecule has 0 N–H and O–H groups in total. The Morgan fingerprint density at radius 1 is 1.31 bits per heavy atom. The van der Waals surface area contributed by atoms with Crippen molar-refractivity contribution in [2.24, 2.45) is 0 Å². The van der Waals surface area contributed by atoms with Crippen molar-refractivity contribution in [1.29, 1.82) is 5.26 Å². The summed E-state index contributed by atoms with van der Waals surface area (Å²) in [6.07, 6.45) is 4.85. The monoisotopic (exact) mass is 353 g/mol. The lowest BCUT2D eigenvalue weighted by atomic mass is 9.96. The van der Waals surface area contributed by atoms with Gasteiger partial charge in [0.05, 0.1) is 17.1 Å². The van der Waals surface area contributed by atoms with Gasteiger partial charge in [-0.2, -0.15) is 5.26 Å². The molecular weight excluding hydrogens is 326 g/mol. The first-order valence-electron chi connectivity index (χ1n) is 9.14. The van der Waals surface area contributed by atoms with Gasteiger partial charge in [-0.25, -0.2) is 4.79 Å². The van der Waals surface area contributed by atoms with Gasteiger partial charge < -0.3 is 9.64 Å². The summed E-state index contributed by atoms with van der Waals surface area (Å²) in [4.78, 5) is 15.0. The molecule has 26 heavy (non-hydrogen) atoms. The number of benzene rings is 1. The average Bonchev–Trinajstić information content (AvgIpc) is 3.17. The number of carbonyl (C=O) groups is 1. The molecule has 0 amide bonds. The molecule has 1 aliphatic carbocycles. The van der Waals surface area contributed by atoms with Gasteiger partial charge in [0.25, 0.3) is 0 Å². The number of carbonyl (C=O) groups excluding carboxylic acids is 1. The lowest BCUT2D eigenvalue weighted by Gasteiger charge is -2.20. The largest absolute Gasteiger partial charge is 0.443 e. The molecule has 3 rings (SSSR count). The zero-order valence-electron chi connectivity index (χ0n) is 16.2. The van der Waals surface area contributed by atoms with Gasteiger partial charge in [-0.3, -0.25) is 4.57 Å². The van der Waals surface area contributed by atoms with Gasteiger partial charge in [0.15, 0.2) is 0 Å². The average molecular weight is 353 g/mol. The van der Waals surface area contributed by atoms with Crippen molar-refractivity contribution in [2.75, 3.05) is 14.1 Å². The molecule has 2 atom stereocenters. The molecule has 0 saturated heterocycles. The van der Waals surface area contributed by atoms with Crippen LogP contribution in [0.15, 0.2) is 24.4 Å². The molecule has 5 nitrogen and oxygen atoms in total. The van der Waals surface area contributed by atoms with E-state index in [0.717, 1.165) is 35.7 Å². The minimum absolute atomic E-state index is 0.374. The minimum Gasteiger partial charge on any atom is -0.443 e. The van der Waals surface area contributed by atoms with Crippen LogP contribution in [-0.2, 0) is 4.74 Å². The normalized spacial score (nSPS) is 20.5. The molecule has 0 unspecified atom stereocenters. The molecule has 0 spiro atoms. The number of hydrogen-bond donors (Lipinski definition) is 0. The Labute approximate surface area is 155 Å². The SMILES string of the molecule is CN(C)[C@@H]1CC[C@H](c2cn(C(=O)OC(C)(C)C)c3ccc(C#N)cc23)C1. The van der Waals surface area contributed by atoms with Crippen molar-refractivity contribution < 1.29 is 9.53 Å². The highest BCUT2D eigenvalue weighted by Crippen LogP contribution is 2.40. The number of hydrogen-bond acceptors (Lipinski definition) is 4. The third kappa shape index (κ3) is 3.61. The lowest BCUT2D eigenvalue weighted by Crippen LogP contribution is -2.26. The third-order valence-electron chi connectivity index (χ3n) is 5.13. The summed E-state index contributed by atoms with van der Waals surface area (Å²) in [6, 6.07) is 8.26. The van der Waals surface area contributed by atoms with E-state index in [2.05, 4.69) is 25.1 Å². The van der Waals surface area contributed by atoms with E-state index < -0.39 is 5.60 Å². The molecule has 0 radical (unpaired) electrons. The van der Waals surface area contributed by atoms with Crippen molar-refractivity contribution in [3.63, 3.8) is 0 Å². The molecular formula is C21H27N3O2. The molecule has 1 fully saturated rings. The fourth-order valence-electron chi connectivity index (χ4n) is 3.82. The van der Waals surface area contributed by atoms with E-state index in [-0.39, 0.29) is 6.09 Å². The predicted octanol–water partition coefficient (Wildman–Crippen LogP) is 4.49.